The van der Waals surface area contributed by atoms with Crippen molar-refractivity contribution in [3.8, 4) is 5.75 Å². The number of nitrogens with zero attached hydrogens (tertiary/aromatic N) is 1. The van der Waals surface area contributed by atoms with E-state index in [1.807, 2.05) is 6.92 Å². The van der Waals surface area contributed by atoms with Crippen molar-refractivity contribution in [2.24, 2.45) is 0 Å². The average Bonchev–Trinajstić information content (AvgIpc) is 2.83. The summed E-state index contributed by atoms with van der Waals surface area (Å²) in [7, 11) is -4.08. The van der Waals surface area contributed by atoms with E-state index in [2.05, 4.69) is 15.6 Å². The lowest BCUT2D eigenvalue weighted by molar-refractivity contribution is -0.385. The molecule has 0 bridgehead atoms. The Balaban J connectivity index is 1.60. The van der Waals surface area contributed by atoms with Crippen LogP contribution in [0.3, 0.4) is 0 Å². The second-order valence-corrected chi connectivity index (χ2v) is 8.49. The number of ether oxygens (including phenoxy) is 1. The van der Waals surface area contributed by atoms with Gasteiger partial charge in [-0.1, -0.05) is 6.07 Å². The number of nitrogens with one attached hydrogen (secondary N) is 3. The van der Waals surface area contributed by atoms with E-state index in [1.165, 1.54) is 42.5 Å². The molecule has 34 heavy (non-hydrogen) atoms. The largest absolute Gasteiger partial charge is 0.494 e. The van der Waals surface area contributed by atoms with Gasteiger partial charge in [-0.05, 0) is 61.5 Å². The van der Waals surface area contributed by atoms with Crippen LogP contribution in [0.25, 0.3) is 0 Å². The fourth-order valence-electron chi connectivity index (χ4n) is 2.80. The SMILES string of the molecule is CCOc1ccc(C(=O)NNC(=O)c2ccc(NS(=O)(=O)c3cccc([N+](=O)[O-])c3)cc2)cc1. The Bertz CT molecular complexity index is 1310. The molecule has 3 aromatic carbocycles. The summed E-state index contributed by atoms with van der Waals surface area (Å²) in [6.45, 7) is 2.34. The Hall–Kier alpha value is -4.45. The van der Waals surface area contributed by atoms with Crippen LogP contribution in [0.2, 0.25) is 0 Å². The Kier molecular flexibility index (Phi) is 7.43. The molecule has 176 valence electrons. The molecule has 0 aliphatic carbocycles. The number of anilines is 1. The molecule has 0 atom stereocenters. The van der Waals surface area contributed by atoms with Gasteiger partial charge in [0.2, 0.25) is 0 Å². The number of sulfonamides is 1. The Morgan fingerprint density at radius 2 is 1.47 bits per heavy atom. The number of hydrazine groups is 1. The monoisotopic (exact) mass is 484 g/mol. The van der Waals surface area contributed by atoms with Crippen molar-refractivity contribution in [1.82, 2.24) is 10.9 Å². The highest BCUT2D eigenvalue weighted by atomic mass is 32.2. The summed E-state index contributed by atoms with van der Waals surface area (Å²) < 4.78 is 32.6. The zero-order valence-corrected chi connectivity index (χ0v) is 18.7. The molecule has 11 nitrogen and oxygen atoms in total. The third kappa shape index (κ3) is 6.07. The summed E-state index contributed by atoms with van der Waals surface area (Å²) in [6, 6.07) is 16.4. The highest BCUT2D eigenvalue weighted by Gasteiger charge is 2.18. The van der Waals surface area contributed by atoms with Crippen LogP contribution < -0.4 is 20.3 Å². The molecular formula is C22H20N4O7S. The number of carbonyl (C=O) groups excluding carboxylic acids is 2. The van der Waals surface area contributed by atoms with Gasteiger partial charge in [0, 0.05) is 28.9 Å². The van der Waals surface area contributed by atoms with Gasteiger partial charge in [-0.2, -0.15) is 0 Å². The molecule has 3 N–H and O–H groups in total. The minimum Gasteiger partial charge on any atom is -0.494 e. The van der Waals surface area contributed by atoms with Crippen molar-refractivity contribution in [2.75, 3.05) is 11.3 Å². The van der Waals surface area contributed by atoms with Gasteiger partial charge < -0.3 is 4.74 Å². The van der Waals surface area contributed by atoms with Crippen molar-refractivity contribution in [3.63, 3.8) is 0 Å². The number of amides is 2. The summed E-state index contributed by atoms with van der Waals surface area (Å²) in [5.41, 5.74) is 4.82. The quantitative estimate of drug-likeness (QED) is 0.328. The molecule has 0 saturated heterocycles. The van der Waals surface area contributed by atoms with Gasteiger partial charge in [0.1, 0.15) is 5.75 Å². The maximum atomic E-state index is 12.5. The maximum Gasteiger partial charge on any atom is 0.270 e. The Labute approximate surface area is 194 Å². The van der Waals surface area contributed by atoms with Gasteiger partial charge >= 0.3 is 0 Å². The lowest BCUT2D eigenvalue weighted by Gasteiger charge is -2.10. The fourth-order valence-corrected chi connectivity index (χ4v) is 3.89. The summed E-state index contributed by atoms with van der Waals surface area (Å²) in [5, 5.41) is 10.9. The van der Waals surface area contributed by atoms with Crippen LogP contribution >= 0.6 is 0 Å². The van der Waals surface area contributed by atoms with Crippen LogP contribution in [0.4, 0.5) is 11.4 Å². The van der Waals surface area contributed by atoms with Crippen molar-refractivity contribution in [1.29, 1.82) is 0 Å². The van der Waals surface area contributed by atoms with Crippen molar-refractivity contribution < 1.29 is 27.7 Å². The summed E-state index contributed by atoms with van der Waals surface area (Å²) in [6.07, 6.45) is 0. The molecule has 0 aromatic heterocycles. The van der Waals surface area contributed by atoms with E-state index < -0.39 is 26.8 Å². The normalized spacial score (nSPS) is 10.7. The third-order valence-electron chi connectivity index (χ3n) is 4.46. The van der Waals surface area contributed by atoms with Crippen LogP contribution in [-0.2, 0) is 10.0 Å². The van der Waals surface area contributed by atoms with Gasteiger partial charge in [0.15, 0.2) is 0 Å². The van der Waals surface area contributed by atoms with E-state index in [0.29, 0.717) is 17.9 Å². The summed E-state index contributed by atoms with van der Waals surface area (Å²) >= 11 is 0. The second kappa shape index (κ2) is 10.4. The van der Waals surface area contributed by atoms with E-state index in [0.717, 1.165) is 6.07 Å². The molecule has 3 aromatic rings. The first-order chi connectivity index (χ1) is 16.2. The fraction of sp³-hybridized carbons (Fsp3) is 0.0909. The summed E-state index contributed by atoms with van der Waals surface area (Å²) in [5.74, 6) is -0.533. The third-order valence-corrected chi connectivity index (χ3v) is 5.83. The number of nitro groups is 1. The van der Waals surface area contributed by atoms with E-state index >= 15 is 0 Å². The predicted molar refractivity (Wildman–Crippen MR) is 123 cm³/mol. The van der Waals surface area contributed by atoms with E-state index in [4.69, 9.17) is 4.74 Å². The minimum atomic E-state index is -4.08. The van der Waals surface area contributed by atoms with Crippen molar-refractivity contribution >= 4 is 33.2 Å². The van der Waals surface area contributed by atoms with E-state index in [-0.39, 0.29) is 21.8 Å². The molecular weight excluding hydrogens is 464 g/mol. The lowest BCUT2D eigenvalue weighted by Crippen LogP contribution is -2.41. The average molecular weight is 484 g/mol. The van der Waals surface area contributed by atoms with Gasteiger partial charge in [0.25, 0.3) is 27.5 Å². The number of nitro benzene ring substituents is 1. The number of benzene rings is 3. The number of non-ortho nitro benzene ring substituents is 1. The molecule has 0 radical (unpaired) electrons. The highest BCUT2D eigenvalue weighted by molar-refractivity contribution is 7.92. The standard InChI is InChI=1S/C22H20N4O7S/c1-2-33-19-12-8-16(9-13-19)22(28)24-23-21(27)15-6-10-17(11-7-15)25-34(31,32)20-5-3-4-18(14-20)26(29)30/h3-14,25H,2H2,1H3,(H,23,27)(H,24,28). The Morgan fingerprint density at radius 1 is 0.912 bits per heavy atom. The van der Waals surface area contributed by atoms with Crippen molar-refractivity contribution in [2.45, 2.75) is 11.8 Å². The van der Waals surface area contributed by atoms with Crippen LogP contribution in [0, 0.1) is 10.1 Å². The molecule has 12 heteroatoms. The number of hydrogen-bond acceptors (Lipinski definition) is 7. The predicted octanol–water partition coefficient (Wildman–Crippen LogP) is 2.87. The van der Waals surface area contributed by atoms with E-state index in [9.17, 15) is 28.1 Å². The smallest absolute Gasteiger partial charge is 0.270 e. The van der Waals surface area contributed by atoms with Crippen LogP contribution in [-0.4, -0.2) is 31.8 Å². The first kappa shape index (κ1) is 24.2. The molecule has 0 aliphatic rings. The van der Waals surface area contributed by atoms with E-state index in [1.54, 1.807) is 24.3 Å². The Morgan fingerprint density at radius 3 is 2.00 bits per heavy atom. The molecule has 0 fully saturated rings. The molecule has 0 aliphatic heterocycles. The molecule has 0 heterocycles. The van der Waals surface area contributed by atoms with Crippen LogP contribution in [0.5, 0.6) is 5.75 Å². The zero-order valence-electron chi connectivity index (χ0n) is 17.8. The molecule has 2 amide bonds. The molecule has 0 saturated carbocycles. The molecule has 0 unspecified atom stereocenters. The van der Waals surface area contributed by atoms with Crippen LogP contribution in [0.15, 0.2) is 77.7 Å². The minimum absolute atomic E-state index is 0.140. The first-order valence-electron chi connectivity index (χ1n) is 9.90. The lowest BCUT2D eigenvalue weighted by atomic mass is 10.2. The molecule has 3 rings (SSSR count). The van der Waals surface area contributed by atoms with Gasteiger partial charge in [-0.25, -0.2) is 8.42 Å². The van der Waals surface area contributed by atoms with Crippen molar-refractivity contribution in [3.05, 3.63) is 94.0 Å². The second-order valence-electron chi connectivity index (χ2n) is 6.80. The number of rotatable bonds is 8. The topological polar surface area (TPSA) is 157 Å². The maximum absolute atomic E-state index is 12.5. The van der Waals surface area contributed by atoms with Crippen LogP contribution in [0.1, 0.15) is 27.6 Å². The molecule has 0 spiro atoms. The van der Waals surface area contributed by atoms with Gasteiger partial charge in [-0.15, -0.1) is 0 Å². The number of hydrogen-bond donors (Lipinski definition) is 3. The van der Waals surface area contributed by atoms with Gasteiger partial charge in [-0.3, -0.25) is 35.3 Å². The first-order valence-corrected chi connectivity index (χ1v) is 11.4. The highest BCUT2D eigenvalue weighted by Crippen LogP contribution is 2.21. The van der Waals surface area contributed by atoms with Gasteiger partial charge in [0.05, 0.1) is 16.4 Å². The number of carbonyl (C=O) groups is 2. The zero-order chi connectivity index (χ0) is 24.7. The summed E-state index contributed by atoms with van der Waals surface area (Å²) in [4.78, 5) is 34.4.